The minimum atomic E-state index is -4.75. The summed E-state index contributed by atoms with van der Waals surface area (Å²) in [6.45, 7) is 0. The van der Waals surface area contributed by atoms with Crippen LogP contribution in [-0.2, 0) is 11.8 Å². The SMILES string of the molecule is Cn1cc([C@H](OC(=O)c2cccc3cn[nH]c23)C(F)(F)F)cn1. The van der Waals surface area contributed by atoms with Crippen molar-refractivity contribution < 1.29 is 22.7 Å². The van der Waals surface area contributed by atoms with E-state index >= 15 is 0 Å². The van der Waals surface area contributed by atoms with Crippen LogP contribution in [0.2, 0.25) is 0 Å². The van der Waals surface area contributed by atoms with E-state index in [-0.39, 0.29) is 11.1 Å². The maximum Gasteiger partial charge on any atom is 0.429 e. The zero-order valence-corrected chi connectivity index (χ0v) is 11.8. The second-order valence-corrected chi connectivity index (χ2v) is 4.91. The number of rotatable bonds is 3. The van der Waals surface area contributed by atoms with Crippen LogP contribution >= 0.6 is 0 Å². The van der Waals surface area contributed by atoms with Crippen LogP contribution in [0.5, 0.6) is 0 Å². The highest BCUT2D eigenvalue weighted by atomic mass is 19.4. The van der Waals surface area contributed by atoms with Gasteiger partial charge >= 0.3 is 12.1 Å². The van der Waals surface area contributed by atoms with Crippen molar-refractivity contribution in [2.75, 3.05) is 0 Å². The van der Waals surface area contributed by atoms with Crippen molar-refractivity contribution in [1.82, 2.24) is 20.0 Å². The molecule has 0 aliphatic heterocycles. The minimum Gasteiger partial charge on any atom is -0.444 e. The molecule has 120 valence electrons. The molecule has 3 rings (SSSR count). The standard InChI is InChI=1S/C14H11F3N4O2/c1-21-7-9(6-19-21)12(14(15,16)17)23-13(22)10-4-2-3-8-5-18-20-11(8)10/h2-7,12H,1H3,(H,18,20)/t12-/m0/s1. The van der Waals surface area contributed by atoms with Gasteiger partial charge in [-0.1, -0.05) is 12.1 Å². The molecule has 0 spiro atoms. The number of aryl methyl sites for hydroxylation is 1. The van der Waals surface area contributed by atoms with Crippen molar-refractivity contribution in [3.63, 3.8) is 0 Å². The van der Waals surface area contributed by atoms with Gasteiger partial charge in [-0.15, -0.1) is 0 Å². The predicted molar refractivity (Wildman–Crippen MR) is 73.5 cm³/mol. The Kier molecular flexibility index (Phi) is 3.55. The Balaban J connectivity index is 1.94. The largest absolute Gasteiger partial charge is 0.444 e. The van der Waals surface area contributed by atoms with E-state index in [4.69, 9.17) is 4.74 Å². The summed E-state index contributed by atoms with van der Waals surface area (Å²) in [5.41, 5.74) is 0.0629. The number of hydrogen-bond acceptors (Lipinski definition) is 4. The Morgan fingerprint density at radius 1 is 1.35 bits per heavy atom. The fraction of sp³-hybridized carbons (Fsp3) is 0.214. The first kappa shape index (κ1) is 15.1. The number of carbonyl (C=O) groups excluding carboxylic acids is 1. The van der Waals surface area contributed by atoms with Gasteiger partial charge in [-0.25, -0.2) is 4.79 Å². The van der Waals surface area contributed by atoms with Crippen LogP contribution in [0.4, 0.5) is 13.2 Å². The molecule has 0 aliphatic carbocycles. The van der Waals surface area contributed by atoms with Crippen LogP contribution in [0, 0.1) is 0 Å². The second-order valence-electron chi connectivity index (χ2n) is 4.91. The average Bonchev–Trinajstić information content (AvgIpc) is 3.11. The molecule has 0 unspecified atom stereocenters. The summed E-state index contributed by atoms with van der Waals surface area (Å²) < 4.78 is 45.6. The quantitative estimate of drug-likeness (QED) is 0.752. The molecule has 9 heteroatoms. The highest BCUT2D eigenvalue weighted by Gasteiger charge is 2.45. The zero-order valence-electron chi connectivity index (χ0n) is 11.8. The summed E-state index contributed by atoms with van der Waals surface area (Å²) in [4.78, 5) is 12.2. The second kappa shape index (κ2) is 5.41. The van der Waals surface area contributed by atoms with Gasteiger partial charge in [0, 0.05) is 24.2 Å². The van der Waals surface area contributed by atoms with Crippen LogP contribution < -0.4 is 0 Å². The van der Waals surface area contributed by atoms with Gasteiger partial charge in [-0.2, -0.15) is 23.4 Å². The Morgan fingerprint density at radius 3 is 2.78 bits per heavy atom. The number of hydrogen-bond donors (Lipinski definition) is 1. The third-order valence-corrected chi connectivity index (χ3v) is 3.25. The average molecular weight is 324 g/mol. The molecular formula is C14H11F3N4O2. The summed E-state index contributed by atoms with van der Waals surface area (Å²) in [6, 6.07) is 4.60. The molecule has 2 heterocycles. The lowest BCUT2D eigenvalue weighted by molar-refractivity contribution is -0.207. The van der Waals surface area contributed by atoms with Gasteiger partial charge in [0.2, 0.25) is 6.10 Å². The molecule has 2 aromatic heterocycles. The topological polar surface area (TPSA) is 72.8 Å². The number of para-hydroxylation sites is 1. The van der Waals surface area contributed by atoms with E-state index in [1.165, 1.54) is 24.0 Å². The molecule has 0 saturated heterocycles. The molecular weight excluding hydrogens is 313 g/mol. The molecule has 1 N–H and O–H groups in total. The van der Waals surface area contributed by atoms with E-state index < -0.39 is 18.2 Å². The molecule has 0 aliphatic rings. The normalized spacial score (nSPS) is 13.2. The molecule has 23 heavy (non-hydrogen) atoms. The molecule has 0 amide bonds. The van der Waals surface area contributed by atoms with Crippen LogP contribution in [0.1, 0.15) is 22.0 Å². The molecule has 6 nitrogen and oxygen atoms in total. The highest BCUT2D eigenvalue weighted by molar-refractivity contribution is 6.02. The third-order valence-electron chi connectivity index (χ3n) is 3.25. The molecule has 0 bridgehead atoms. The van der Waals surface area contributed by atoms with Gasteiger partial charge in [0.25, 0.3) is 0 Å². The van der Waals surface area contributed by atoms with Gasteiger partial charge in [-0.3, -0.25) is 9.78 Å². The fourth-order valence-electron chi connectivity index (χ4n) is 2.21. The maximum absolute atomic E-state index is 13.2. The van der Waals surface area contributed by atoms with Crippen molar-refractivity contribution in [2.24, 2.45) is 7.05 Å². The lowest BCUT2D eigenvalue weighted by atomic mass is 10.1. The molecule has 3 aromatic rings. The highest BCUT2D eigenvalue weighted by Crippen LogP contribution is 2.36. The molecule has 1 atom stereocenters. The number of H-pyrrole nitrogens is 1. The number of aromatic amines is 1. The van der Waals surface area contributed by atoms with E-state index in [1.54, 1.807) is 12.1 Å². The van der Waals surface area contributed by atoms with Crippen LogP contribution in [-0.4, -0.2) is 32.1 Å². The monoisotopic (exact) mass is 324 g/mol. The third kappa shape index (κ3) is 2.89. The number of nitrogens with zero attached hydrogens (tertiary/aromatic N) is 3. The van der Waals surface area contributed by atoms with Crippen LogP contribution in [0.15, 0.2) is 36.8 Å². The van der Waals surface area contributed by atoms with Crippen LogP contribution in [0.25, 0.3) is 10.9 Å². The number of alkyl halides is 3. The Labute approximate surface area is 127 Å². The van der Waals surface area contributed by atoms with Crippen molar-refractivity contribution in [1.29, 1.82) is 0 Å². The van der Waals surface area contributed by atoms with Gasteiger partial charge in [0.05, 0.1) is 23.5 Å². The van der Waals surface area contributed by atoms with E-state index in [0.29, 0.717) is 10.9 Å². The Morgan fingerprint density at radius 2 is 2.13 bits per heavy atom. The van der Waals surface area contributed by atoms with E-state index in [2.05, 4.69) is 15.3 Å². The first-order valence-electron chi connectivity index (χ1n) is 6.54. The smallest absolute Gasteiger partial charge is 0.429 e. The number of aromatic nitrogens is 4. The summed E-state index contributed by atoms with van der Waals surface area (Å²) in [5.74, 6) is -1.09. The van der Waals surface area contributed by atoms with Gasteiger partial charge in [0.15, 0.2) is 0 Å². The van der Waals surface area contributed by atoms with Crippen molar-refractivity contribution in [3.05, 3.63) is 47.9 Å². The Hall–Kier alpha value is -2.84. The molecule has 0 radical (unpaired) electrons. The number of fused-ring (bicyclic) bond motifs is 1. The first-order chi connectivity index (χ1) is 10.9. The summed E-state index contributed by atoms with van der Waals surface area (Å²) >= 11 is 0. The van der Waals surface area contributed by atoms with Crippen molar-refractivity contribution in [3.8, 4) is 0 Å². The summed E-state index contributed by atoms with van der Waals surface area (Å²) in [7, 11) is 1.48. The number of esters is 1. The number of nitrogens with one attached hydrogen (secondary N) is 1. The summed E-state index contributed by atoms with van der Waals surface area (Å²) in [5, 5.41) is 10.6. The summed E-state index contributed by atoms with van der Waals surface area (Å²) in [6.07, 6.45) is -3.50. The zero-order chi connectivity index (χ0) is 16.6. The van der Waals surface area contributed by atoms with Crippen LogP contribution in [0.3, 0.4) is 0 Å². The maximum atomic E-state index is 13.2. The van der Waals surface area contributed by atoms with Crippen molar-refractivity contribution >= 4 is 16.9 Å². The molecule has 0 saturated carbocycles. The van der Waals surface area contributed by atoms with E-state index in [9.17, 15) is 18.0 Å². The first-order valence-corrected chi connectivity index (χ1v) is 6.54. The number of carbonyl (C=O) groups is 1. The van der Waals surface area contributed by atoms with E-state index in [0.717, 1.165) is 12.4 Å². The van der Waals surface area contributed by atoms with Gasteiger partial charge in [-0.05, 0) is 6.07 Å². The Bertz CT molecular complexity index is 853. The number of benzene rings is 1. The van der Waals surface area contributed by atoms with Gasteiger partial charge < -0.3 is 4.74 Å². The molecule has 1 aromatic carbocycles. The fourth-order valence-corrected chi connectivity index (χ4v) is 2.21. The van der Waals surface area contributed by atoms with E-state index in [1.807, 2.05) is 0 Å². The number of halogens is 3. The number of ether oxygens (including phenoxy) is 1. The lowest BCUT2D eigenvalue weighted by Gasteiger charge is -2.19. The predicted octanol–water partition coefficient (Wildman–Crippen LogP) is 2.76. The van der Waals surface area contributed by atoms with Crippen molar-refractivity contribution in [2.45, 2.75) is 12.3 Å². The minimum absolute atomic E-state index is 0.0156. The molecule has 0 fully saturated rings. The lowest BCUT2D eigenvalue weighted by Crippen LogP contribution is -2.26. The van der Waals surface area contributed by atoms with Gasteiger partial charge in [0.1, 0.15) is 0 Å².